The fourth-order valence-electron chi connectivity index (χ4n) is 1.83. The lowest BCUT2D eigenvalue weighted by Gasteiger charge is -2.21. The van der Waals surface area contributed by atoms with Crippen LogP contribution in [0, 0.1) is 0 Å². The number of hydrogen-bond acceptors (Lipinski definition) is 3. The Morgan fingerprint density at radius 3 is 2.94 bits per heavy atom. The zero-order valence-electron chi connectivity index (χ0n) is 9.63. The molecule has 0 spiro atoms. The molecule has 1 aliphatic heterocycles. The molecular formula is C12H15BrN2OS. The number of benzene rings is 1. The fraction of sp³-hybridized carbons (Fsp3) is 0.417. The van der Waals surface area contributed by atoms with E-state index in [1.807, 2.05) is 19.1 Å². The number of halogens is 1. The zero-order chi connectivity index (χ0) is 12.5. The Morgan fingerprint density at radius 1 is 1.59 bits per heavy atom. The summed E-state index contributed by atoms with van der Waals surface area (Å²) in [6.07, 6.45) is 2.06. The van der Waals surface area contributed by atoms with Gasteiger partial charge in [-0.15, -0.1) is 11.8 Å². The number of nitrogen functional groups attached to an aromatic ring is 1. The molecule has 0 aromatic heterocycles. The van der Waals surface area contributed by atoms with Crippen molar-refractivity contribution in [2.75, 3.05) is 16.8 Å². The highest BCUT2D eigenvalue weighted by atomic mass is 79.9. The van der Waals surface area contributed by atoms with E-state index in [4.69, 9.17) is 5.73 Å². The highest BCUT2D eigenvalue weighted by Crippen LogP contribution is 2.38. The molecule has 1 unspecified atom stereocenters. The lowest BCUT2D eigenvalue weighted by molar-refractivity contribution is -0.118. The molecule has 1 saturated heterocycles. The van der Waals surface area contributed by atoms with Crippen LogP contribution in [-0.2, 0) is 4.79 Å². The predicted molar refractivity (Wildman–Crippen MR) is 77.3 cm³/mol. The van der Waals surface area contributed by atoms with Gasteiger partial charge in [-0.1, -0.05) is 0 Å². The van der Waals surface area contributed by atoms with E-state index in [2.05, 4.69) is 21.2 Å². The second-order valence-electron chi connectivity index (χ2n) is 4.37. The molecule has 2 rings (SSSR count). The molecule has 0 radical (unpaired) electrons. The Balaban J connectivity index is 2.10. The molecular weight excluding hydrogens is 300 g/mol. The summed E-state index contributed by atoms with van der Waals surface area (Å²) in [5.74, 6) is 1.15. The third-order valence-electron chi connectivity index (χ3n) is 2.96. The molecule has 17 heavy (non-hydrogen) atoms. The van der Waals surface area contributed by atoms with Crippen LogP contribution in [0.5, 0.6) is 0 Å². The molecule has 5 heteroatoms. The van der Waals surface area contributed by atoms with E-state index in [1.54, 1.807) is 17.8 Å². The molecule has 1 atom stereocenters. The normalized spacial score (nSPS) is 23.6. The number of hydrogen-bond donors (Lipinski definition) is 2. The number of amides is 1. The molecule has 1 fully saturated rings. The minimum atomic E-state index is -0.284. The van der Waals surface area contributed by atoms with Gasteiger partial charge in [-0.2, -0.15) is 0 Å². The molecule has 0 bridgehead atoms. The number of carbonyl (C=O) groups is 1. The van der Waals surface area contributed by atoms with Gasteiger partial charge in [0.25, 0.3) is 0 Å². The first kappa shape index (κ1) is 12.8. The second-order valence-corrected chi connectivity index (χ2v) is 6.83. The zero-order valence-corrected chi connectivity index (χ0v) is 12.0. The number of anilines is 2. The molecule has 1 amide bonds. The maximum atomic E-state index is 12.2. The smallest absolute Gasteiger partial charge is 0.240 e. The number of rotatable bonds is 2. The van der Waals surface area contributed by atoms with Gasteiger partial charge in [0, 0.05) is 15.8 Å². The van der Waals surface area contributed by atoms with Crippen LogP contribution in [-0.4, -0.2) is 16.4 Å². The molecule has 3 nitrogen and oxygen atoms in total. The number of nitrogens with one attached hydrogen (secondary N) is 1. The molecule has 1 aliphatic rings. The summed E-state index contributed by atoms with van der Waals surface area (Å²) in [6, 6.07) is 5.43. The van der Waals surface area contributed by atoms with Gasteiger partial charge in [0.2, 0.25) is 5.91 Å². The first-order valence-electron chi connectivity index (χ1n) is 5.52. The summed E-state index contributed by atoms with van der Waals surface area (Å²) < 4.78 is 0.521. The van der Waals surface area contributed by atoms with Gasteiger partial charge in [0.1, 0.15) is 0 Å². The number of nitrogens with two attached hydrogens (primary N) is 1. The van der Waals surface area contributed by atoms with Crippen LogP contribution in [0.4, 0.5) is 11.4 Å². The third-order valence-corrected chi connectivity index (χ3v) is 5.16. The Hall–Kier alpha value is -0.680. The van der Waals surface area contributed by atoms with Gasteiger partial charge in [0.05, 0.1) is 4.75 Å². The molecule has 0 saturated carbocycles. The monoisotopic (exact) mass is 314 g/mol. The fourth-order valence-corrected chi connectivity index (χ4v) is 3.42. The Kier molecular flexibility index (Phi) is 3.68. The first-order chi connectivity index (χ1) is 8.01. The lowest BCUT2D eigenvalue weighted by Crippen LogP contribution is -2.34. The van der Waals surface area contributed by atoms with Crippen molar-refractivity contribution >= 4 is 45.0 Å². The Bertz CT molecular complexity index is 444. The van der Waals surface area contributed by atoms with E-state index in [9.17, 15) is 4.79 Å². The van der Waals surface area contributed by atoms with Crippen molar-refractivity contribution in [3.63, 3.8) is 0 Å². The van der Waals surface area contributed by atoms with Crippen LogP contribution in [0.3, 0.4) is 0 Å². The van der Waals surface area contributed by atoms with Crippen molar-refractivity contribution < 1.29 is 4.79 Å². The maximum absolute atomic E-state index is 12.2. The highest BCUT2D eigenvalue weighted by molar-refractivity contribution is 9.10. The standard InChI is InChI=1S/C12H15BrN2OS/c1-12(5-2-6-17-12)11(16)15-8-3-4-10(14)9(13)7-8/h3-4,7H,2,5-6,14H2,1H3,(H,15,16). The summed E-state index contributed by atoms with van der Waals surface area (Å²) in [5.41, 5.74) is 7.16. The largest absolute Gasteiger partial charge is 0.398 e. The van der Waals surface area contributed by atoms with Gasteiger partial charge in [0.15, 0.2) is 0 Å². The quantitative estimate of drug-likeness (QED) is 0.824. The highest BCUT2D eigenvalue weighted by Gasteiger charge is 2.37. The Morgan fingerprint density at radius 2 is 2.35 bits per heavy atom. The van der Waals surface area contributed by atoms with Crippen LogP contribution < -0.4 is 11.1 Å². The summed E-state index contributed by atoms with van der Waals surface area (Å²) >= 11 is 5.08. The van der Waals surface area contributed by atoms with Crippen LogP contribution in [0.2, 0.25) is 0 Å². The minimum Gasteiger partial charge on any atom is -0.398 e. The van der Waals surface area contributed by atoms with Crippen molar-refractivity contribution in [3.8, 4) is 0 Å². The third kappa shape index (κ3) is 2.77. The topological polar surface area (TPSA) is 55.1 Å². The average molecular weight is 315 g/mol. The Labute approximate surface area is 114 Å². The summed E-state index contributed by atoms with van der Waals surface area (Å²) in [5, 5.41) is 2.95. The summed E-state index contributed by atoms with van der Waals surface area (Å²) in [7, 11) is 0. The van der Waals surface area contributed by atoms with Crippen molar-refractivity contribution in [1.82, 2.24) is 0 Å². The summed E-state index contributed by atoms with van der Waals surface area (Å²) in [6.45, 7) is 2.01. The van der Waals surface area contributed by atoms with Gasteiger partial charge in [-0.3, -0.25) is 4.79 Å². The van der Waals surface area contributed by atoms with Gasteiger partial charge in [-0.05, 0) is 59.6 Å². The van der Waals surface area contributed by atoms with E-state index in [1.165, 1.54) is 0 Å². The van der Waals surface area contributed by atoms with Crippen LogP contribution in [0.25, 0.3) is 0 Å². The molecule has 1 aromatic carbocycles. The van der Waals surface area contributed by atoms with Crippen molar-refractivity contribution in [3.05, 3.63) is 22.7 Å². The molecule has 0 aliphatic carbocycles. The van der Waals surface area contributed by atoms with Gasteiger partial charge < -0.3 is 11.1 Å². The van der Waals surface area contributed by atoms with E-state index >= 15 is 0 Å². The lowest BCUT2D eigenvalue weighted by atomic mass is 10.0. The van der Waals surface area contributed by atoms with Gasteiger partial charge in [-0.25, -0.2) is 0 Å². The van der Waals surface area contributed by atoms with Crippen molar-refractivity contribution in [2.45, 2.75) is 24.5 Å². The van der Waals surface area contributed by atoms with Crippen LogP contribution >= 0.6 is 27.7 Å². The van der Waals surface area contributed by atoms with Crippen molar-refractivity contribution in [2.24, 2.45) is 0 Å². The second kappa shape index (κ2) is 4.90. The SMILES string of the molecule is CC1(C(=O)Nc2ccc(N)c(Br)c2)CCCS1. The van der Waals surface area contributed by atoms with E-state index in [0.29, 0.717) is 5.69 Å². The minimum absolute atomic E-state index is 0.0803. The maximum Gasteiger partial charge on any atom is 0.240 e. The average Bonchev–Trinajstić information content (AvgIpc) is 2.72. The van der Waals surface area contributed by atoms with Crippen molar-refractivity contribution in [1.29, 1.82) is 0 Å². The molecule has 1 aromatic rings. The molecule has 3 N–H and O–H groups in total. The van der Waals surface area contributed by atoms with E-state index in [-0.39, 0.29) is 10.7 Å². The van der Waals surface area contributed by atoms with E-state index in [0.717, 1.165) is 28.8 Å². The first-order valence-corrected chi connectivity index (χ1v) is 7.29. The number of carbonyl (C=O) groups excluding carboxylic acids is 1. The van der Waals surface area contributed by atoms with Gasteiger partial charge >= 0.3 is 0 Å². The molecule has 1 heterocycles. The molecule has 92 valence electrons. The van der Waals surface area contributed by atoms with E-state index < -0.39 is 0 Å². The summed E-state index contributed by atoms with van der Waals surface area (Å²) in [4.78, 5) is 12.2. The van der Waals surface area contributed by atoms with Crippen LogP contribution in [0.15, 0.2) is 22.7 Å². The predicted octanol–water partition coefficient (Wildman–Crippen LogP) is 3.26. The number of thioether (sulfide) groups is 1. The van der Waals surface area contributed by atoms with Crippen LogP contribution in [0.1, 0.15) is 19.8 Å².